The summed E-state index contributed by atoms with van der Waals surface area (Å²) in [5, 5.41) is 2.82. The van der Waals surface area contributed by atoms with E-state index in [0.29, 0.717) is 26.2 Å². The number of rotatable bonds is 13. The quantitative estimate of drug-likeness (QED) is 0.435. The summed E-state index contributed by atoms with van der Waals surface area (Å²) in [6.45, 7) is 9.43. The van der Waals surface area contributed by atoms with Crippen molar-refractivity contribution in [1.29, 1.82) is 0 Å². The van der Waals surface area contributed by atoms with E-state index in [-0.39, 0.29) is 0 Å². The van der Waals surface area contributed by atoms with Gasteiger partial charge < -0.3 is 19.5 Å². The topological polar surface area (TPSA) is 84.8 Å². The lowest BCUT2D eigenvalue weighted by Crippen LogP contribution is -2.39. The number of nitrogens with one attached hydrogen (secondary N) is 1. The van der Waals surface area contributed by atoms with Gasteiger partial charge >= 0.3 is 6.09 Å². The van der Waals surface area contributed by atoms with Gasteiger partial charge in [-0.15, -0.1) is 0 Å². The van der Waals surface area contributed by atoms with Crippen LogP contribution in [0, 0.1) is 0 Å². The second-order valence-corrected chi connectivity index (χ2v) is 8.89. The second-order valence-electron chi connectivity index (χ2n) is 8.89. The summed E-state index contributed by atoms with van der Waals surface area (Å²) in [7, 11) is 3.30. The first-order valence-corrected chi connectivity index (χ1v) is 11.8. The molecular weight excluding hydrogens is 444 g/mol. The SMILES string of the molecule is COc1cccc(C=NCCN(CCN=Cc2cccc(OC)c2)CCNC(=O)OC(C)(C)C)c1. The fourth-order valence-corrected chi connectivity index (χ4v) is 3.15. The van der Waals surface area contributed by atoms with Crippen LogP contribution in [0.15, 0.2) is 58.5 Å². The van der Waals surface area contributed by atoms with Crippen molar-refractivity contribution in [3.63, 3.8) is 0 Å². The second kappa shape index (κ2) is 14.8. The Morgan fingerprint density at radius 1 is 0.886 bits per heavy atom. The molecule has 0 aliphatic carbocycles. The van der Waals surface area contributed by atoms with Crippen LogP contribution in [0.25, 0.3) is 0 Å². The van der Waals surface area contributed by atoms with E-state index in [1.165, 1.54) is 0 Å². The smallest absolute Gasteiger partial charge is 0.407 e. The Labute approximate surface area is 209 Å². The normalized spacial score (nSPS) is 11.8. The van der Waals surface area contributed by atoms with Gasteiger partial charge in [0.1, 0.15) is 17.1 Å². The van der Waals surface area contributed by atoms with Gasteiger partial charge in [-0.25, -0.2) is 4.79 Å². The van der Waals surface area contributed by atoms with Crippen molar-refractivity contribution in [2.75, 3.05) is 53.5 Å². The molecule has 0 aromatic heterocycles. The fourth-order valence-electron chi connectivity index (χ4n) is 3.15. The van der Waals surface area contributed by atoms with Crippen LogP contribution in [0.4, 0.5) is 4.79 Å². The summed E-state index contributed by atoms with van der Waals surface area (Å²) in [6, 6.07) is 15.6. The molecule has 0 saturated carbocycles. The van der Waals surface area contributed by atoms with E-state index < -0.39 is 11.7 Å². The van der Waals surface area contributed by atoms with Gasteiger partial charge in [-0.3, -0.25) is 14.9 Å². The number of amides is 1. The molecule has 0 spiro atoms. The standard InChI is InChI=1S/C27H38N4O4/c1-27(2,3)35-26(32)30-14-17-31(15-12-28-20-22-8-6-10-24(18-22)33-4)16-13-29-21-23-9-7-11-25(19-23)34-5/h6-11,18-21H,12-17H2,1-5H3,(H,30,32). The zero-order valence-electron chi connectivity index (χ0n) is 21.5. The Hall–Kier alpha value is -3.39. The monoisotopic (exact) mass is 482 g/mol. The third kappa shape index (κ3) is 12.0. The number of hydrogen-bond acceptors (Lipinski definition) is 7. The first-order valence-electron chi connectivity index (χ1n) is 11.8. The van der Waals surface area contributed by atoms with Gasteiger partial charge in [-0.2, -0.15) is 0 Å². The van der Waals surface area contributed by atoms with Crippen LogP contribution >= 0.6 is 0 Å². The van der Waals surface area contributed by atoms with E-state index in [4.69, 9.17) is 14.2 Å². The molecule has 0 saturated heterocycles. The summed E-state index contributed by atoms with van der Waals surface area (Å²) < 4.78 is 15.8. The van der Waals surface area contributed by atoms with E-state index >= 15 is 0 Å². The molecule has 1 N–H and O–H groups in total. The molecule has 2 aromatic rings. The number of methoxy groups -OCH3 is 2. The van der Waals surface area contributed by atoms with E-state index in [0.717, 1.165) is 35.7 Å². The number of alkyl carbamates (subject to hydrolysis) is 1. The van der Waals surface area contributed by atoms with E-state index in [1.807, 2.05) is 81.7 Å². The van der Waals surface area contributed by atoms with Gasteiger partial charge in [0, 0.05) is 38.6 Å². The molecule has 8 heteroatoms. The first-order chi connectivity index (χ1) is 16.8. The third-order valence-electron chi connectivity index (χ3n) is 4.86. The minimum Gasteiger partial charge on any atom is -0.497 e. The maximum atomic E-state index is 12.0. The number of carbonyl (C=O) groups excluding carboxylic acids is 1. The van der Waals surface area contributed by atoms with Crippen molar-refractivity contribution in [2.45, 2.75) is 26.4 Å². The van der Waals surface area contributed by atoms with Crippen LogP contribution in [-0.4, -0.2) is 82.5 Å². The van der Waals surface area contributed by atoms with Crippen LogP contribution in [0.2, 0.25) is 0 Å². The van der Waals surface area contributed by atoms with E-state index in [9.17, 15) is 4.79 Å². The van der Waals surface area contributed by atoms with Gasteiger partial charge in [0.2, 0.25) is 0 Å². The summed E-state index contributed by atoms with van der Waals surface area (Å²) in [5.41, 5.74) is 1.46. The van der Waals surface area contributed by atoms with Gasteiger partial charge in [-0.05, 0) is 56.2 Å². The van der Waals surface area contributed by atoms with Crippen LogP contribution < -0.4 is 14.8 Å². The molecule has 2 aromatic carbocycles. The molecule has 2 rings (SSSR count). The molecule has 0 radical (unpaired) electrons. The lowest BCUT2D eigenvalue weighted by molar-refractivity contribution is 0.0522. The summed E-state index contributed by atoms with van der Waals surface area (Å²) in [6.07, 6.45) is 3.28. The lowest BCUT2D eigenvalue weighted by Gasteiger charge is -2.22. The van der Waals surface area contributed by atoms with Gasteiger partial charge in [0.15, 0.2) is 0 Å². The Morgan fingerprint density at radius 2 is 1.40 bits per heavy atom. The van der Waals surface area contributed by atoms with Gasteiger partial charge in [0.05, 0.1) is 27.3 Å². The molecule has 0 unspecified atom stereocenters. The Bertz CT molecular complexity index is 908. The van der Waals surface area contributed by atoms with Crippen molar-refractivity contribution < 1.29 is 19.0 Å². The minimum atomic E-state index is -0.520. The highest BCUT2D eigenvalue weighted by atomic mass is 16.6. The average Bonchev–Trinajstić information content (AvgIpc) is 2.83. The van der Waals surface area contributed by atoms with Crippen LogP contribution in [0.3, 0.4) is 0 Å². The summed E-state index contributed by atoms with van der Waals surface area (Å²) >= 11 is 0. The lowest BCUT2D eigenvalue weighted by atomic mass is 10.2. The molecule has 0 aliphatic heterocycles. The number of ether oxygens (including phenoxy) is 3. The number of nitrogens with zero attached hydrogens (tertiary/aromatic N) is 3. The Balaban J connectivity index is 1.88. The van der Waals surface area contributed by atoms with Gasteiger partial charge in [0.25, 0.3) is 0 Å². The number of carbonyl (C=O) groups is 1. The molecule has 0 atom stereocenters. The van der Waals surface area contributed by atoms with Crippen molar-refractivity contribution >= 4 is 18.5 Å². The molecule has 0 bridgehead atoms. The van der Waals surface area contributed by atoms with Crippen LogP contribution in [0.5, 0.6) is 11.5 Å². The Morgan fingerprint density at radius 3 is 1.86 bits per heavy atom. The highest BCUT2D eigenvalue weighted by molar-refractivity contribution is 5.80. The molecule has 190 valence electrons. The molecule has 0 aliphatic rings. The Kier molecular flexibility index (Phi) is 11.8. The van der Waals surface area contributed by atoms with E-state index in [2.05, 4.69) is 20.2 Å². The maximum absolute atomic E-state index is 12.0. The third-order valence-corrected chi connectivity index (χ3v) is 4.86. The molecule has 8 nitrogen and oxygen atoms in total. The molecule has 1 amide bonds. The highest BCUT2D eigenvalue weighted by Gasteiger charge is 2.15. The van der Waals surface area contributed by atoms with Crippen LogP contribution in [-0.2, 0) is 4.74 Å². The largest absolute Gasteiger partial charge is 0.497 e. The zero-order valence-corrected chi connectivity index (χ0v) is 21.5. The van der Waals surface area contributed by atoms with Crippen molar-refractivity contribution in [3.05, 3.63) is 59.7 Å². The van der Waals surface area contributed by atoms with Crippen molar-refractivity contribution in [3.8, 4) is 11.5 Å². The first kappa shape index (κ1) is 27.9. The molecule has 35 heavy (non-hydrogen) atoms. The van der Waals surface area contributed by atoms with Gasteiger partial charge in [-0.1, -0.05) is 24.3 Å². The number of benzene rings is 2. The fraction of sp³-hybridized carbons (Fsp3) is 0.444. The highest BCUT2D eigenvalue weighted by Crippen LogP contribution is 2.11. The average molecular weight is 483 g/mol. The van der Waals surface area contributed by atoms with Crippen molar-refractivity contribution in [2.24, 2.45) is 9.98 Å². The van der Waals surface area contributed by atoms with Crippen molar-refractivity contribution in [1.82, 2.24) is 10.2 Å². The predicted molar refractivity (Wildman–Crippen MR) is 142 cm³/mol. The number of aliphatic imine (C=N–C) groups is 2. The zero-order chi connectivity index (χ0) is 25.5. The molecular formula is C27H38N4O4. The van der Waals surface area contributed by atoms with E-state index in [1.54, 1.807) is 14.2 Å². The minimum absolute atomic E-state index is 0.412. The van der Waals surface area contributed by atoms with Crippen LogP contribution in [0.1, 0.15) is 31.9 Å². The predicted octanol–water partition coefficient (Wildman–Crippen LogP) is 4.07. The molecule has 0 heterocycles. The summed E-state index contributed by atoms with van der Waals surface area (Å²) in [5.74, 6) is 1.61. The maximum Gasteiger partial charge on any atom is 0.407 e. The number of hydrogen-bond donors (Lipinski definition) is 1. The summed E-state index contributed by atoms with van der Waals surface area (Å²) in [4.78, 5) is 23.3. The molecule has 0 fully saturated rings.